The molecule has 5 N–H and O–H groups in total. The Balaban J connectivity index is -0.000000157. The Hall–Kier alpha value is -3.06. The van der Waals surface area contributed by atoms with Crippen LogP contribution in [0.15, 0.2) is 0 Å². The van der Waals surface area contributed by atoms with Crippen molar-refractivity contribution in [2.24, 2.45) is 5.73 Å². The standard InChI is InChI=1S/C6H11NO3.C5H8O4.C4H4O3.CH5N.CH4O/c1-7-5(8)3-4-6(9)10-2;1-9-5(8)3-2-4(6)7;5-3-1-2-4(6)7-3;2*1-2/h3-4H2,1-2H3,(H,7,8);2-3H2,1H3,(H,6,7);1-2H2;2H2,1H3;2H,1H3. The number of carbonyl (C=O) groups excluding carboxylic acids is 5. The highest BCUT2D eigenvalue weighted by atomic mass is 16.6. The summed E-state index contributed by atoms with van der Waals surface area (Å²) >= 11 is 0. The van der Waals surface area contributed by atoms with Crippen LogP contribution < -0.4 is 11.1 Å². The molecular formula is C17H32N2O11. The van der Waals surface area contributed by atoms with Crippen molar-refractivity contribution in [1.82, 2.24) is 5.32 Å². The van der Waals surface area contributed by atoms with Gasteiger partial charge in [0.1, 0.15) is 0 Å². The number of carbonyl (C=O) groups is 6. The molecule has 1 amide bonds. The minimum absolute atomic E-state index is 0.0498. The molecule has 13 nitrogen and oxygen atoms in total. The van der Waals surface area contributed by atoms with Gasteiger partial charge >= 0.3 is 29.8 Å². The smallest absolute Gasteiger partial charge is 0.314 e. The van der Waals surface area contributed by atoms with E-state index in [0.717, 1.165) is 7.11 Å². The average Bonchev–Trinajstić information content (AvgIpc) is 3.15. The molecule has 30 heavy (non-hydrogen) atoms. The van der Waals surface area contributed by atoms with Crippen LogP contribution in [0.1, 0.15) is 38.5 Å². The van der Waals surface area contributed by atoms with Crippen LogP contribution in [0.3, 0.4) is 0 Å². The Morgan fingerprint density at radius 3 is 1.50 bits per heavy atom. The average molecular weight is 440 g/mol. The van der Waals surface area contributed by atoms with Gasteiger partial charge in [0.15, 0.2) is 0 Å². The Morgan fingerprint density at radius 1 is 0.900 bits per heavy atom. The summed E-state index contributed by atoms with van der Waals surface area (Å²) in [5.41, 5.74) is 4.50. The molecule has 0 radical (unpaired) electrons. The molecular weight excluding hydrogens is 408 g/mol. The third-order valence-corrected chi connectivity index (χ3v) is 2.59. The van der Waals surface area contributed by atoms with Gasteiger partial charge in [0.25, 0.3) is 0 Å². The Labute approximate surface area is 174 Å². The Kier molecular flexibility index (Phi) is 29.8. The molecule has 1 aliphatic heterocycles. The fourth-order valence-electron chi connectivity index (χ4n) is 1.19. The molecule has 1 fully saturated rings. The number of ether oxygens (including phenoxy) is 3. The van der Waals surface area contributed by atoms with Crippen LogP contribution >= 0.6 is 0 Å². The lowest BCUT2D eigenvalue weighted by molar-refractivity contribution is -0.152. The number of hydrogen-bond donors (Lipinski definition) is 4. The fraction of sp³-hybridized carbons (Fsp3) is 0.647. The van der Waals surface area contributed by atoms with Crippen molar-refractivity contribution in [3.05, 3.63) is 0 Å². The molecule has 13 heteroatoms. The summed E-state index contributed by atoms with van der Waals surface area (Å²) in [5, 5.41) is 17.4. The topological polar surface area (TPSA) is 209 Å². The Bertz CT molecular complexity index is 492. The van der Waals surface area contributed by atoms with Gasteiger partial charge in [-0.1, -0.05) is 0 Å². The number of aliphatic hydroxyl groups excluding tert-OH is 1. The van der Waals surface area contributed by atoms with Crippen molar-refractivity contribution < 1.29 is 53.2 Å². The maximum absolute atomic E-state index is 10.5. The predicted octanol–water partition coefficient (Wildman–Crippen LogP) is -1.26. The number of methoxy groups -OCH3 is 2. The number of nitrogens with one attached hydrogen (secondary N) is 1. The third kappa shape index (κ3) is 29.7. The summed E-state index contributed by atoms with van der Waals surface area (Å²) in [6, 6.07) is 0. The summed E-state index contributed by atoms with van der Waals surface area (Å²) < 4.78 is 12.6. The van der Waals surface area contributed by atoms with E-state index >= 15 is 0 Å². The monoisotopic (exact) mass is 440 g/mol. The highest BCUT2D eigenvalue weighted by Gasteiger charge is 2.19. The molecule has 0 unspecified atom stereocenters. The lowest BCUT2D eigenvalue weighted by atomic mass is 10.3. The predicted molar refractivity (Wildman–Crippen MR) is 103 cm³/mol. The quantitative estimate of drug-likeness (QED) is 0.217. The van der Waals surface area contributed by atoms with E-state index < -0.39 is 23.9 Å². The number of aliphatic hydroxyl groups is 1. The van der Waals surface area contributed by atoms with Crippen LogP contribution in [0.25, 0.3) is 0 Å². The first-order valence-corrected chi connectivity index (χ1v) is 8.48. The minimum atomic E-state index is -0.986. The van der Waals surface area contributed by atoms with E-state index in [1.807, 2.05) is 0 Å². The second kappa shape index (κ2) is 25.9. The van der Waals surface area contributed by atoms with E-state index in [9.17, 15) is 28.8 Å². The fourth-order valence-corrected chi connectivity index (χ4v) is 1.19. The van der Waals surface area contributed by atoms with Crippen molar-refractivity contribution in [1.29, 1.82) is 0 Å². The molecule has 0 spiro atoms. The van der Waals surface area contributed by atoms with Crippen LogP contribution in [0.5, 0.6) is 0 Å². The SMILES string of the molecule is CN.CNC(=O)CCC(=O)OC.CO.COC(=O)CCC(=O)O.O=C1CCC(=O)O1. The first-order chi connectivity index (χ1) is 14.2. The van der Waals surface area contributed by atoms with E-state index in [2.05, 4.69) is 25.3 Å². The van der Waals surface area contributed by atoms with Gasteiger partial charge in [0, 0.05) is 20.6 Å². The molecule has 0 aromatic rings. The van der Waals surface area contributed by atoms with Crippen LogP contribution in [-0.2, 0) is 43.0 Å². The first kappa shape index (κ1) is 34.4. The molecule has 0 saturated carbocycles. The maximum Gasteiger partial charge on any atom is 0.314 e. The van der Waals surface area contributed by atoms with Gasteiger partial charge in [-0.2, -0.15) is 0 Å². The van der Waals surface area contributed by atoms with Crippen molar-refractivity contribution in [3.63, 3.8) is 0 Å². The number of cyclic esters (lactones) is 2. The van der Waals surface area contributed by atoms with Gasteiger partial charge in [-0.15, -0.1) is 0 Å². The number of rotatable bonds is 6. The second-order valence-corrected chi connectivity index (χ2v) is 4.57. The van der Waals surface area contributed by atoms with Crippen molar-refractivity contribution in [2.45, 2.75) is 38.5 Å². The van der Waals surface area contributed by atoms with Gasteiger partial charge in [-0.05, 0) is 7.05 Å². The van der Waals surface area contributed by atoms with E-state index in [0.29, 0.717) is 0 Å². The lowest BCUT2D eigenvalue weighted by Gasteiger charge is -1.97. The van der Waals surface area contributed by atoms with Crippen LogP contribution in [-0.4, -0.2) is 81.4 Å². The molecule has 0 atom stereocenters. The number of amides is 1. The van der Waals surface area contributed by atoms with Crippen molar-refractivity contribution >= 4 is 35.8 Å². The van der Waals surface area contributed by atoms with Gasteiger partial charge < -0.3 is 35.5 Å². The zero-order chi connectivity index (χ0) is 24.5. The van der Waals surface area contributed by atoms with Gasteiger partial charge in [0.05, 0.1) is 46.3 Å². The number of carboxylic acids is 1. The van der Waals surface area contributed by atoms with Gasteiger partial charge in [-0.25, -0.2) is 0 Å². The van der Waals surface area contributed by atoms with Gasteiger partial charge in [0.2, 0.25) is 5.91 Å². The van der Waals surface area contributed by atoms with Crippen LogP contribution in [0.4, 0.5) is 0 Å². The summed E-state index contributed by atoms with van der Waals surface area (Å²) in [5.74, 6) is -2.78. The molecule has 1 aliphatic rings. The minimum Gasteiger partial charge on any atom is -0.481 e. The lowest BCUT2D eigenvalue weighted by Crippen LogP contribution is -2.18. The largest absolute Gasteiger partial charge is 0.481 e. The molecule has 1 rings (SSSR count). The number of carboxylic acid groups (broad SMARTS) is 1. The first-order valence-electron chi connectivity index (χ1n) is 8.48. The van der Waals surface area contributed by atoms with E-state index in [1.165, 1.54) is 28.3 Å². The van der Waals surface area contributed by atoms with E-state index in [4.69, 9.17) is 10.2 Å². The zero-order valence-electron chi connectivity index (χ0n) is 17.9. The second-order valence-electron chi connectivity index (χ2n) is 4.57. The summed E-state index contributed by atoms with van der Waals surface area (Å²) in [6.45, 7) is 0. The van der Waals surface area contributed by atoms with Crippen LogP contribution in [0, 0.1) is 0 Å². The highest BCUT2D eigenvalue weighted by molar-refractivity contribution is 5.92. The molecule has 0 aliphatic carbocycles. The maximum atomic E-state index is 10.5. The molecule has 0 aromatic heterocycles. The normalized spacial score (nSPS) is 10.5. The number of aliphatic carboxylic acids is 1. The number of nitrogens with two attached hydrogens (primary N) is 1. The molecule has 0 aromatic carbocycles. The highest BCUT2D eigenvalue weighted by Crippen LogP contribution is 2.03. The van der Waals surface area contributed by atoms with E-state index in [1.54, 1.807) is 0 Å². The van der Waals surface area contributed by atoms with Crippen molar-refractivity contribution in [2.75, 3.05) is 35.4 Å². The summed E-state index contributed by atoms with van der Waals surface area (Å²) in [7, 11) is 6.55. The molecule has 1 saturated heterocycles. The molecule has 176 valence electrons. The third-order valence-electron chi connectivity index (χ3n) is 2.59. The Morgan fingerprint density at radius 2 is 1.27 bits per heavy atom. The van der Waals surface area contributed by atoms with E-state index in [-0.39, 0.29) is 50.4 Å². The number of hydrogen-bond acceptors (Lipinski definition) is 11. The van der Waals surface area contributed by atoms with Crippen molar-refractivity contribution in [3.8, 4) is 0 Å². The molecule has 1 heterocycles. The summed E-state index contributed by atoms with van der Waals surface area (Å²) in [6.07, 6.45) is 0.662. The van der Waals surface area contributed by atoms with Gasteiger partial charge in [-0.3, -0.25) is 28.8 Å². The number of esters is 4. The van der Waals surface area contributed by atoms with Crippen LogP contribution in [0.2, 0.25) is 0 Å². The molecule has 0 bridgehead atoms. The zero-order valence-corrected chi connectivity index (χ0v) is 17.9. The summed E-state index contributed by atoms with van der Waals surface area (Å²) in [4.78, 5) is 61.0.